The molecule has 8 nitrogen and oxygen atoms in total. The van der Waals surface area contributed by atoms with Gasteiger partial charge in [0.05, 0.1) is 27.9 Å². The fourth-order valence-electron chi connectivity index (χ4n) is 3.73. The van der Waals surface area contributed by atoms with Crippen molar-refractivity contribution >= 4 is 51.5 Å². The van der Waals surface area contributed by atoms with Crippen LogP contribution in [-0.2, 0) is 6.42 Å². The van der Waals surface area contributed by atoms with Crippen LogP contribution in [0.2, 0.25) is 10.0 Å². The molecule has 0 saturated heterocycles. The van der Waals surface area contributed by atoms with Crippen molar-refractivity contribution in [2.45, 2.75) is 6.42 Å². The molecule has 4 aromatic rings. The van der Waals surface area contributed by atoms with Crippen LogP contribution in [0.3, 0.4) is 0 Å². The number of aliphatic hydroxyl groups is 1. The predicted molar refractivity (Wildman–Crippen MR) is 144 cm³/mol. The van der Waals surface area contributed by atoms with Gasteiger partial charge in [-0.3, -0.25) is 4.79 Å². The van der Waals surface area contributed by atoms with Crippen molar-refractivity contribution in [3.8, 4) is 0 Å². The minimum absolute atomic E-state index is 0.0814. The lowest BCUT2D eigenvalue weighted by Gasteiger charge is -2.15. The summed E-state index contributed by atoms with van der Waals surface area (Å²) in [7, 11) is 1.64. The third-order valence-electron chi connectivity index (χ3n) is 5.64. The topological polar surface area (TPSA) is 103 Å². The van der Waals surface area contributed by atoms with Crippen LogP contribution in [0.5, 0.6) is 0 Å². The van der Waals surface area contributed by atoms with E-state index >= 15 is 0 Å². The van der Waals surface area contributed by atoms with Gasteiger partial charge >= 0.3 is 0 Å². The number of halogens is 2. The highest BCUT2D eigenvalue weighted by Crippen LogP contribution is 2.27. The minimum Gasteiger partial charge on any atom is -0.395 e. The van der Waals surface area contributed by atoms with Crippen LogP contribution in [0.15, 0.2) is 60.8 Å². The average Bonchev–Trinajstić information content (AvgIpc) is 2.90. The number of aromatic nitrogens is 3. The number of carbonyl (C=O) groups excluding carboxylic acids is 1. The fourth-order valence-corrected chi connectivity index (χ4v) is 4.05. The number of hydrogen-bond donors (Lipinski definition) is 3. The van der Waals surface area contributed by atoms with Crippen molar-refractivity contribution in [2.75, 3.05) is 43.9 Å². The molecule has 0 bridgehead atoms. The summed E-state index contributed by atoms with van der Waals surface area (Å²) in [6, 6.07) is 17.0. The van der Waals surface area contributed by atoms with E-state index in [1.165, 1.54) is 11.1 Å². The number of likely N-dealkylation sites (N-methyl/N-ethyl adjacent to an activating group) is 1. The Balaban J connectivity index is 1.37. The Morgan fingerprint density at radius 3 is 2.47 bits per heavy atom. The van der Waals surface area contributed by atoms with Crippen LogP contribution in [0.1, 0.15) is 21.6 Å². The number of fused-ring (bicyclic) bond motifs is 1. The second-order valence-corrected chi connectivity index (χ2v) is 9.02. The van der Waals surface area contributed by atoms with Crippen LogP contribution in [-0.4, -0.2) is 64.4 Å². The van der Waals surface area contributed by atoms with Crippen LogP contribution in [0.4, 0.5) is 11.6 Å². The normalized spacial score (nSPS) is 10.9. The molecule has 0 aliphatic rings. The third-order valence-corrected chi connectivity index (χ3v) is 6.37. The molecule has 1 amide bonds. The maximum atomic E-state index is 12.2. The van der Waals surface area contributed by atoms with E-state index < -0.39 is 0 Å². The number of aliphatic hydroxyl groups excluding tert-OH is 1. The second-order valence-electron chi connectivity index (χ2n) is 8.20. The number of nitrogens with zero attached hydrogens (tertiary/aromatic N) is 4. The number of carbonyl (C=O) groups is 1. The van der Waals surface area contributed by atoms with Gasteiger partial charge in [0.15, 0.2) is 5.82 Å². The van der Waals surface area contributed by atoms with Crippen molar-refractivity contribution in [2.24, 2.45) is 0 Å². The van der Waals surface area contributed by atoms with Gasteiger partial charge in [-0.1, -0.05) is 53.5 Å². The number of pyridine rings is 1. The Kier molecular flexibility index (Phi) is 8.53. The summed E-state index contributed by atoms with van der Waals surface area (Å²) in [6.07, 6.45) is 2.11. The van der Waals surface area contributed by atoms with Gasteiger partial charge in [0.1, 0.15) is 5.82 Å². The van der Waals surface area contributed by atoms with E-state index in [4.69, 9.17) is 28.3 Å². The molecule has 3 N–H and O–H groups in total. The molecule has 0 spiro atoms. The van der Waals surface area contributed by atoms with E-state index in [1.807, 2.05) is 36.4 Å². The molecule has 0 atom stereocenters. The Bertz CT molecular complexity index is 1350. The number of amides is 1. The lowest BCUT2D eigenvalue weighted by Crippen LogP contribution is -2.29. The predicted octanol–water partition coefficient (Wildman–Crippen LogP) is 4.51. The summed E-state index contributed by atoms with van der Waals surface area (Å²) < 4.78 is 0. The first-order chi connectivity index (χ1) is 17.5. The number of rotatable bonds is 10. The maximum Gasteiger partial charge on any atom is 0.255 e. The molecule has 0 radical (unpaired) electrons. The number of benzene rings is 2. The monoisotopic (exact) mass is 524 g/mol. The molecule has 10 heteroatoms. The van der Waals surface area contributed by atoms with E-state index in [2.05, 4.69) is 25.8 Å². The smallest absolute Gasteiger partial charge is 0.255 e. The summed E-state index contributed by atoms with van der Waals surface area (Å²) in [5.74, 6) is 1.18. The van der Waals surface area contributed by atoms with Gasteiger partial charge in [0.2, 0.25) is 0 Å². The average molecular weight is 525 g/mol. The Hall–Kier alpha value is -3.46. The molecule has 0 aliphatic carbocycles. The largest absolute Gasteiger partial charge is 0.395 e. The summed E-state index contributed by atoms with van der Waals surface area (Å²) in [4.78, 5) is 18.0. The van der Waals surface area contributed by atoms with Gasteiger partial charge in [0.25, 0.3) is 5.91 Å². The molecule has 36 heavy (non-hydrogen) atoms. The van der Waals surface area contributed by atoms with Crippen molar-refractivity contribution in [3.05, 3.63) is 87.7 Å². The van der Waals surface area contributed by atoms with Crippen molar-refractivity contribution in [1.29, 1.82) is 0 Å². The maximum absolute atomic E-state index is 12.2. The number of nitrogens with one attached hydrogen (secondary N) is 2. The third kappa shape index (κ3) is 6.20. The molecule has 0 saturated carbocycles. The molecule has 0 aliphatic heterocycles. The Morgan fingerprint density at radius 2 is 1.75 bits per heavy atom. The summed E-state index contributed by atoms with van der Waals surface area (Å²) in [5.41, 5.74) is 2.34. The standard InChI is InChI=1S/C26H26Cl2N6O2/c1-34(12-13-35)26(36)18-7-9-24(31-16-18)29-10-11-30-25-20-5-3-2-4-19(20)23(32-33-25)15-17-6-8-21(27)22(28)14-17/h2-9,14,16,35H,10-13,15H2,1H3,(H,29,31)(H,30,33). The molecular formula is C26H26Cl2N6O2. The highest BCUT2D eigenvalue weighted by Gasteiger charge is 2.12. The number of anilines is 2. The van der Waals surface area contributed by atoms with Crippen molar-refractivity contribution in [1.82, 2.24) is 20.1 Å². The number of hydrogen-bond acceptors (Lipinski definition) is 7. The van der Waals surface area contributed by atoms with Crippen molar-refractivity contribution < 1.29 is 9.90 Å². The van der Waals surface area contributed by atoms with E-state index in [1.54, 1.807) is 25.2 Å². The van der Waals surface area contributed by atoms with Gasteiger partial charge in [0, 0.05) is 50.1 Å². The Labute approximate surface area is 219 Å². The summed E-state index contributed by atoms with van der Waals surface area (Å²) >= 11 is 12.2. The van der Waals surface area contributed by atoms with Gasteiger partial charge in [-0.25, -0.2) is 4.98 Å². The van der Waals surface area contributed by atoms with Crippen LogP contribution in [0.25, 0.3) is 10.8 Å². The molecule has 0 fully saturated rings. The molecule has 2 heterocycles. The zero-order chi connectivity index (χ0) is 25.5. The van der Waals surface area contributed by atoms with E-state index in [0.717, 1.165) is 22.0 Å². The molecule has 0 unspecified atom stereocenters. The molecule has 186 valence electrons. The van der Waals surface area contributed by atoms with Gasteiger partial charge in [-0.2, -0.15) is 5.10 Å². The lowest BCUT2D eigenvalue weighted by atomic mass is 10.0. The van der Waals surface area contributed by atoms with Crippen LogP contribution >= 0.6 is 23.2 Å². The van der Waals surface area contributed by atoms with Gasteiger partial charge in [-0.15, -0.1) is 5.10 Å². The Morgan fingerprint density at radius 1 is 0.972 bits per heavy atom. The zero-order valence-corrected chi connectivity index (χ0v) is 21.2. The van der Waals surface area contributed by atoms with E-state index in [0.29, 0.717) is 46.8 Å². The van der Waals surface area contributed by atoms with Crippen LogP contribution in [0, 0.1) is 0 Å². The first-order valence-electron chi connectivity index (χ1n) is 11.4. The lowest BCUT2D eigenvalue weighted by molar-refractivity contribution is 0.0766. The minimum atomic E-state index is -0.183. The zero-order valence-electron chi connectivity index (χ0n) is 19.7. The molecule has 4 rings (SSSR count). The molecule has 2 aromatic carbocycles. The van der Waals surface area contributed by atoms with E-state index in [-0.39, 0.29) is 19.1 Å². The quantitative estimate of drug-likeness (QED) is 0.262. The summed E-state index contributed by atoms with van der Waals surface area (Å²) in [5, 5.41) is 27.5. The van der Waals surface area contributed by atoms with E-state index in [9.17, 15) is 4.79 Å². The molecular weight excluding hydrogens is 499 g/mol. The SMILES string of the molecule is CN(CCO)C(=O)c1ccc(NCCNc2nnc(Cc3ccc(Cl)c(Cl)c3)c3ccccc23)nc1. The highest BCUT2D eigenvalue weighted by atomic mass is 35.5. The summed E-state index contributed by atoms with van der Waals surface area (Å²) in [6.45, 7) is 1.37. The van der Waals surface area contributed by atoms with Gasteiger partial charge in [-0.05, 0) is 29.8 Å². The van der Waals surface area contributed by atoms with Crippen molar-refractivity contribution in [3.63, 3.8) is 0 Å². The fraction of sp³-hybridized carbons (Fsp3) is 0.231. The molecule has 2 aromatic heterocycles. The van der Waals surface area contributed by atoms with Crippen LogP contribution < -0.4 is 10.6 Å². The highest BCUT2D eigenvalue weighted by molar-refractivity contribution is 6.42. The first-order valence-corrected chi connectivity index (χ1v) is 12.2. The second kappa shape index (κ2) is 12.0. The first kappa shape index (κ1) is 25.6. The van der Waals surface area contributed by atoms with Gasteiger partial charge < -0.3 is 20.6 Å².